The maximum Gasteiger partial charge on any atom is 0.245 e. The van der Waals surface area contributed by atoms with Crippen LogP contribution < -0.4 is 10.2 Å². The number of rotatable bonds is 2. The highest BCUT2D eigenvalue weighted by Gasteiger charge is 2.37. The Balaban J connectivity index is 1.65. The fraction of sp³-hybridized carbons (Fsp3) is 0.471. The molecule has 2 aromatic rings. The summed E-state index contributed by atoms with van der Waals surface area (Å²) in [5.41, 5.74) is 1.94. The van der Waals surface area contributed by atoms with Gasteiger partial charge in [0.2, 0.25) is 5.95 Å². The van der Waals surface area contributed by atoms with Crippen LogP contribution >= 0.6 is 11.6 Å². The molecule has 126 valence electrons. The first kappa shape index (κ1) is 15.6. The van der Waals surface area contributed by atoms with Gasteiger partial charge in [0, 0.05) is 29.7 Å². The Morgan fingerprint density at radius 3 is 2.96 bits per heavy atom. The summed E-state index contributed by atoms with van der Waals surface area (Å²) >= 11 is 5.90. The second kappa shape index (κ2) is 6.18. The van der Waals surface area contributed by atoms with Gasteiger partial charge in [0.25, 0.3) is 0 Å². The van der Waals surface area contributed by atoms with E-state index in [1.54, 1.807) is 12.1 Å². The van der Waals surface area contributed by atoms with Crippen molar-refractivity contribution >= 4 is 17.5 Å². The van der Waals surface area contributed by atoms with Crippen LogP contribution in [0.4, 0.5) is 5.95 Å². The van der Waals surface area contributed by atoms with E-state index >= 15 is 0 Å². The van der Waals surface area contributed by atoms with Crippen LogP contribution in [0, 0.1) is 12.8 Å². The highest BCUT2D eigenvalue weighted by Crippen LogP contribution is 2.34. The summed E-state index contributed by atoms with van der Waals surface area (Å²) in [5, 5.41) is 22.7. The highest BCUT2D eigenvalue weighted by molar-refractivity contribution is 6.30. The predicted octanol–water partition coefficient (Wildman–Crippen LogP) is 2.39. The highest BCUT2D eigenvalue weighted by atomic mass is 35.5. The molecule has 4 rings (SSSR count). The van der Waals surface area contributed by atoms with E-state index in [9.17, 15) is 5.11 Å². The van der Waals surface area contributed by atoms with Crippen molar-refractivity contribution in [2.45, 2.75) is 25.8 Å². The molecule has 2 aliphatic rings. The third-order valence-corrected chi connectivity index (χ3v) is 5.29. The van der Waals surface area contributed by atoms with Crippen LogP contribution in [0.5, 0.6) is 5.75 Å². The van der Waals surface area contributed by atoms with Crippen molar-refractivity contribution in [3.05, 3.63) is 28.9 Å². The van der Waals surface area contributed by atoms with E-state index in [-0.39, 0.29) is 5.75 Å². The maximum atomic E-state index is 10.1. The lowest BCUT2D eigenvalue weighted by Gasteiger charge is -2.32. The van der Waals surface area contributed by atoms with E-state index in [1.807, 2.05) is 6.92 Å². The van der Waals surface area contributed by atoms with Gasteiger partial charge in [0.05, 0.1) is 5.69 Å². The summed E-state index contributed by atoms with van der Waals surface area (Å²) in [4.78, 5) is 6.93. The lowest BCUT2D eigenvalue weighted by molar-refractivity contribution is 0.357. The zero-order valence-corrected chi connectivity index (χ0v) is 14.3. The molecule has 1 aromatic heterocycles. The van der Waals surface area contributed by atoms with Gasteiger partial charge in [0.15, 0.2) is 0 Å². The number of phenols is 1. The lowest BCUT2D eigenvalue weighted by Crippen LogP contribution is -2.46. The fourth-order valence-electron chi connectivity index (χ4n) is 3.78. The van der Waals surface area contributed by atoms with Gasteiger partial charge >= 0.3 is 0 Å². The normalized spacial score (nSPS) is 23.3. The summed E-state index contributed by atoms with van der Waals surface area (Å²) in [7, 11) is 0. The molecule has 0 unspecified atom stereocenters. The third-order valence-electron chi connectivity index (χ3n) is 5.05. The van der Waals surface area contributed by atoms with Crippen LogP contribution in [0.3, 0.4) is 0 Å². The SMILES string of the molecule is Cc1nc(N2CC[C@@H]3CCNC[C@@H]32)nnc1-c1ccc(Cl)cc1O. The van der Waals surface area contributed by atoms with E-state index in [1.165, 1.54) is 18.9 Å². The Morgan fingerprint density at radius 2 is 2.17 bits per heavy atom. The van der Waals surface area contributed by atoms with Crippen molar-refractivity contribution in [3.63, 3.8) is 0 Å². The Hall–Kier alpha value is -1.92. The number of aromatic nitrogens is 3. The Kier molecular flexibility index (Phi) is 4.02. The molecule has 0 bridgehead atoms. The maximum absolute atomic E-state index is 10.1. The molecule has 0 amide bonds. The number of phenolic OH excluding ortho intramolecular Hbond substituents is 1. The molecule has 0 aliphatic carbocycles. The van der Waals surface area contributed by atoms with E-state index in [4.69, 9.17) is 11.6 Å². The van der Waals surface area contributed by atoms with Crippen molar-refractivity contribution < 1.29 is 5.11 Å². The van der Waals surface area contributed by atoms with Gasteiger partial charge in [-0.1, -0.05) is 11.6 Å². The topological polar surface area (TPSA) is 74.2 Å². The Morgan fingerprint density at radius 1 is 1.29 bits per heavy atom. The molecule has 2 saturated heterocycles. The average Bonchev–Trinajstić information content (AvgIpc) is 2.99. The van der Waals surface area contributed by atoms with Crippen molar-refractivity contribution in [1.29, 1.82) is 0 Å². The molecule has 0 saturated carbocycles. The van der Waals surface area contributed by atoms with Gasteiger partial charge in [-0.2, -0.15) is 0 Å². The van der Waals surface area contributed by atoms with E-state index in [0.717, 1.165) is 31.2 Å². The molecule has 0 spiro atoms. The Bertz CT molecular complexity index is 769. The molecular formula is C17H20ClN5O. The van der Waals surface area contributed by atoms with Gasteiger partial charge in [-0.3, -0.25) is 0 Å². The largest absolute Gasteiger partial charge is 0.507 e. The number of nitrogens with zero attached hydrogens (tertiary/aromatic N) is 4. The molecule has 2 N–H and O–H groups in total. The number of aryl methyl sites for hydroxylation is 1. The van der Waals surface area contributed by atoms with E-state index < -0.39 is 0 Å². The Labute approximate surface area is 145 Å². The number of hydrogen-bond acceptors (Lipinski definition) is 6. The first-order valence-corrected chi connectivity index (χ1v) is 8.69. The summed E-state index contributed by atoms with van der Waals surface area (Å²) in [6, 6.07) is 5.43. The number of halogens is 1. The second-order valence-corrected chi connectivity index (χ2v) is 6.95. The first-order chi connectivity index (χ1) is 11.6. The monoisotopic (exact) mass is 345 g/mol. The van der Waals surface area contributed by atoms with Crippen LogP contribution in [0.15, 0.2) is 18.2 Å². The zero-order valence-electron chi connectivity index (χ0n) is 13.5. The fourth-order valence-corrected chi connectivity index (χ4v) is 3.95. The smallest absolute Gasteiger partial charge is 0.245 e. The number of aromatic hydroxyl groups is 1. The number of benzene rings is 1. The van der Waals surface area contributed by atoms with Gasteiger partial charge in [-0.05, 0) is 50.4 Å². The molecule has 24 heavy (non-hydrogen) atoms. The third kappa shape index (κ3) is 2.70. The first-order valence-electron chi connectivity index (χ1n) is 8.31. The molecule has 7 heteroatoms. The van der Waals surface area contributed by atoms with Crippen molar-refractivity contribution in [2.24, 2.45) is 5.92 Å². The van der Waals surface area contributed by atoms with E-state index in [2.05, 4.69) is 25.4 Å². The van der Waals surface area contributed by atoms with Crippen LogP contribution in [0.1, 0.15) is 18.5 Å². The van der Waals surface area contributed by atoms with Crippen molar-refractivity contribution in [3.8, 4) is 17.0 Å². The molecule has 2 fully saturated rings. The molecule has 1 aromatic carbocycles. The lowest BCUT2D eigenvalue weighted by atomic mass is 9.93. The molecule has 2 aliphatic heterocycles. The minimum absolute atomic E-state index is 0.0900. The standard InChI is InChI=1S/C17H20ClN5O/c1-10-16(13-3-2-12(18)8-15(13)24)21-22-17(20-10)23-7-5-11-4-6-19-9-14(11)23/h2-3,8,11,14,19,24H,4-7,9H2,1H3/t11-,14-/m0/s1. The summed E-state index contributed by atoms with van der Waals surface area (Å²) in [6.07, 6.45) is 2.40. The van der Waals surface area contributed by atoms with Crippen LogP contribution in [0.25, 0.3) is 11.3 Å². The average molecular weight is 346 g/mol. The van der Waals surface area contributed by atoms with Gasteiger partial charge < -0.3 is 15.3 Å². The van der Waals surface area contributed by atoms with Gasteiger partial charge in [-0.25, -0.2) is 4.98 Å². The zero-order chi connectivity index (χ0) is 16.7. The van der Waals surface area contributed by atoms with Crippen LogP contribution in [-0.2, 0) is 0 Å². The van der Waals surface area contributed by atoms with E-state index in [0.29, 0.717) is 28.3 Å². The number of piperidine rings is 1. The number of nitrogens with one attached hydrogen (secondary N) is 1. The predicted molar refractivity (Wildman–Crippen MR) is 93.4 cm³/mol. The van der Waals surface area contributed by atoms with Crippen molar-refractivity contribution in [1.82, 2.24) is 20.5 Å². The number of anilines is 1. The van der Waals surface area contributed by atoms with Crippen LogP contribution in [0.2, 0.25) is 5.02 Å². The van der Waals surface area contributed by atoms with Gasteiger partial charge in [-0.15, -0.1) is 10.2 Å². The number of hydrogen-bond donors (Lipinski definition) is 2. The molecule has 6 nitrogen and oxygen atoms in total. The minimum atomic E-state index is 0.0900. The minimum Gasteiger partial charge on any atom is -0.507 e. The summed E-state index contributed by atoms with van der Waals surface area (Å²) in [5.74, 6) is 1.49. The number of fused-ring (bicyclic) bond motifs is 1. The van der Waals surface area contributed by atoms with Crippen molar-refractivity contribution in [2.75, 3.05) is 24.5 Å². The molecule has 0 radical (unpaired) electrons. The second-order valence-electron chi connectivity index (χ2n) is 6.51. The molecule has 3 heterocycles. The summed E-state index contributed by atoms with van der Waals surface area (Å²) < 4.78 is 0. The molecular weight excluding hydrogens is 326 g/mol. The van der Waals surface area contributed by atoms with Crippen LogP contribution in [-0.4, -0.2) is 46.0 Å². The quantitative estimate of drug-likeness (QED) is 0.870. The molecule has 2 atom stereocenters. The summed E-state index contributed by atoms with van der Waals surface area (Å²) in [6.45, 7) is 4.95. The van der Waals surface area contributed by atoms with Gasteiger partial charge in [0.1, 0.15) is 11.4 Å².